The Morgan fingerprint density at radius 1 is 1.40 bits per heavy atom. The SMILES string of the molecule is CCCSCC(N)c1cc(C)cc(F)c1. The molecule has 84 valence electrons. The van der Waals surface area contributed by atoms with E-state index >= 15 is 0 Å². The fourth-order valence-corrected chi connectivity index (χ4v) is 2.33. The molecule has 0 aromatic heterocycles. The van der Waals surface area contributed by atoms with E-state index in [0.29, 0.717) is 0 Å². The topological polar surface area (TPSA) is 26.0 Å². The van der Waals surface area contributed by atoms with Gasteiger partial charge in [-0.25, -0.2) is 4.39 Å². The number of thioether (sulfide) groups is 1. The number of nitrogens with two attached hydrogens (primary N) is 1. The van der Waals surface area contributed by atoms with Crippen LogP contribution in [0.15, 0.2) is 18.2 Å². The van der Waals surface area contributed by atoms with Crippen molar-refractivity contribution < 1.29 is 4.39 Å². The first-order valence-corrected chi connectivity index (χ1v) is 6.39. The molecule has 0 bridgehead atoms. The minimum absolute atomic E-state index is 0.0593. The Morgan fingerprint density at radius 3 is 2.73 bits per heavy atom. The van der Waals surface area contributed by atoms with Crippen LogP contribution in [0, 0.1) is 12.7 Å². The smallest absolute Gasteiger partial charge is 0.123 e. The second kappa shape index (κ2) is 6.13. The van der Waals surface area contributed by atoms with Crippen LogP contribution in [0.2, 0.25) is 0 Å². The third kappa shape index (κ3) is 4.22. The Bertz CT molecular complexity index is 294. The van der Waals surface area contributed by atoms with Crippen molar-refractivity contribution in [2.24, 2.45) is 5.73 Å². The van der Waals surface area contributed by atoms with Crippen LogP contribution in [0.4, 0.5) is 4.39 Å². The molecule has 0 spiro atoms. The minimum Gasteiger partial charge on any atom is -0.323 e. The molecule has 0 aliphatic rings. The molecule has 3 heteroatoms. The Morgan fingerprint density at radius 2 is 2.13 bits per heavy atom. The van der Waals surface area contributed by atoms with Crippen molar-refractivity contribution in [2.45, 2.75) is 26.3 Å². The van der Waals surface area contributed by atoms with Crippen molar-refractivity contribution in [3.8, 4) is 0 Å². The summed E-state index contributed by atoms with van der Waals surface area (Å²) in [5, 5.41) is 0. The molecule has 1 rings (SSSR count). The van der Waals surface area contributed by atoms with Gasteiger partial charge in [-0.05, 0) is 42.4 Å². The van der Waals surface area contributed by atoms with Crippen molar-refractivity contribution in [3.05, 3.63) is 35.1 Å². The summed E-state index contributed by atoms with van der Waals surface area (Å²) in [4.78, 5) is 0. The van der Waals surface area contributed by atoms with Crippen LogP contribution in [-0.2, 0) is 0 Å². The van der Waals surface area contributed by atoms with Crippen molar-refractivity contribution in [1.82, 2.24) is 0 Å². The number of aryl methyl sites for hydroxylation is 1. The van der Waals surface area contributed by atoms with Gasteiger partial charge in [-0.15, -0.1) is 0 Å². The normalized spacial score (nSPS) is 12.8. The van der Waals surface area contributed by atoms with Crippen molar-refractivity contribution in [1.29, 1.82) is 0 Å². The van der Waals surface area contributed by atoms with Crippen LogP contribution >= 0.6 is 11.8 Å². The quantitative estimate of drug-likeness (QED) is 0.781. The number of rotatable bonds is 5. The van der Waals surface area contributed by atoms with Gasteiger partial charge in [0.05, 0.1) is 0 Å². The first-order chi connectivity index (χ1) is 7.13. The standard InChI is InChI=1S/C12H18FNS/c1-3-4-15-8-12(14)10-5-9(2)6-11(13)7-10/h5-7,12H,3-4,8,14H2,1-2H3. The number of halogens is 1. The van der Waals surface area contributed by atoms with Gasteiger partial charge in [-0.1, -0.05) is 13.0 Å². The van der Waals surface area contributed by atoms with Crippen LogP contribution < -0.4 is 5.73 Å². The molecule has 0 saturated heterocycles. The third-order valence-corrected chi connectivity index (χ3v) is 3.43. The summed E-state index contributed by atoms with van der Waals surface area (Å²) in [6.45, 7) is 4.03. The average Bonchev–Trinajstić information content (AvgIpc) is 2.16. The molecule has 0 aliphatic heterocycles. The maximum absolute atomic E-state index is 13.1. The molecule has 1 nitrogen and oxygen atoms in total. The van der Waals surface area contributed by atoms with Crippen molar-refractivity contribution in [2.75, 3.05) is 11.5 Å². The molecule has 0 fully saturated rings. The Balaban J connectivity index is 2.60. The lowest BCUT2D eigenvalue weighted by molar-refractivity contribution is 0.621. The van der Waals surface area contributed by atoms with Gasteiger partial charge in [-0.2, -0.15) is 11.8 Å². The Kier molecular flexibility index (Phi) is 5.12. The zero-order chi connectivity index (χ0) is 11.3. The van der Waals surface area contributed by atoms with Gasteiger partial charge in [0.2, 0.25) is 0 Å². The largest absolute Gasteiger partial charge is 0.323 e. The second-order valence-electron chi connectivity index (χ2n) is 3.74. The van der Waals surface area contributed by atoms with Gasteiger partial charge in [0.25, 0.3) is 0 Å². The highest BCUT2D eigenvalue weighted by Gasteiger charge is 2.07. The molecule has 1 aromatic carbocycles. The molecule has 1 aromatic rings. The first kappa shape index (κ1) is 12.5. The third-order valence-electron chi connectivity index (χ3n) is 2.14. The average molecular weight is 227 g/mol. The zero-order valence-electron chi connectivity index (χ0n) is 9.29. The monoisotopic (exact) mass is 227 g/mol. The summed E-state index contributed by atoms with van der Waals surface area (Å²) in [6, 6.07) is 4.95. The molecule has 2 N–H and O–H groups in total. The summed E-state index contributed by atoms with van der Waals surface area (Å²) >= 11 is 1.82. The van der Waals surface area contributed by atoms with Gasteiger partial charge in [0, 0.05) is 11.8 Å². The van der Waals surface area contributed by atoms with E-state index in [9.17, 15) is 4.39 Å². The van der Waals surface area contributed by atoms with E-state index in [4.69, 9.17) is 5.73 Å². The summed E-state index contributed by atoms with van der Waals surface area (Å²) in [6.07, 6.45) is 1.15. The molecule has 15 heavy (non-hydrogen) atoms. The van der Waals surface area contributed by atoms with E-state index in [1.807, 2.05) is 24.8 Å². The fourth-order valence-electron chi connectivity index (χ4n) is 1.43. The van der Waals surface area contributed by atoms with E-state index in [0.717, 1.165) is 29.1 Å². The molecule has 0 heterocycles. The van der Waals surface area contributed by atoms with E-state index in [-0.39, 0.29) is 11.9 Å². The number of hydrogen-bond acceptors (Lipinski definition) is 2. The molecular formula is C12H18FNS. The summed E-state index contributed by atoms with van der Waals surface area (Å²) in [5.41, 5.74) is 7.82. The molecule has 0 aliphatic carbocycles. The molecular weight excluding hydrogens is 209 g/mol. The lowest BCUT2D eigenvalue weighted by atomic mass is 10.1. The van der Waals surface area contributed by atoms with Gasteiger partial charge in [-0.3, -0.25) is 0 Å². The number of benzene rings is 1. The van der Waals surface area contributed by atoms with Crippen LogP contribution in [0.3, 0.4) is 0 Å². The lowest BCUT2D eigenvalue weighted by Crippen LogP contribution is -2.13. The van der Waals surface area contributed by atoms with Crippen LogP contribution in [-0.4, -0.2) is 11.5 Å². The van der Waals surface area contributed by atoms with E-state index in [1.165, 1.54) is 12.1 Å². The molecule has 1 unspecified atom stereocenters. The lowest BCUT2D eigenvalue weighted by Gasteiger charge is -2.12. The predicted octanol–water partition coefficient (Wildman–Crippen LogP) is 3.28. The van der Waals surface area contributed by atoms with Crippen LogP contribution in [0.1, 0.15) is 30.5 Å². The van der Waals surface area contributed by atoms with Crippen LogP contribution in [0.5, 0.6) is 0 Å². The summed E-state index contributed by atoms with van der Waals surface area (Å²) in [7, 11) is 0. The van der Waals surface area contributed by atoms with Gasteiger partial charge in [0.1, 0.15) is 5.82 Å². The van der Waals surface area contributed by atoms with Crippen molar-refractivity contribution in [3.63, 3.8) is 0 Å². The van der Waals surface area contributed by atoms with Crippen LogP contribution in [0.25, 0.3) is 0 Å². The van der Waals surface area contributed by atoms with E-state index < -0.39 is 0 Å². The Labute approximate surface area is 95.2 Å². The van der Waals surface area contributed by atoms with Gasteiger partial charge < -0.3 is 5.73 Å². The molecule has 0 radical (unpaired) electrons. The predicted molar refractivity (Wildman–Crippen MR) is 65.7 cm³/mol. The van der Waals surface area contributed by atoms with Gasteiger partial charge >= 0.3 is 0 Å². The fraction of sp³-hybridized carbons (Fsp3) is 0.500. The van der Waals surface area contributed by atoms with Crippen molar-refractivity contribution >= 4 is 11.8 Å². The van der Waals surface area contributed by atoms with Gasteiger partial charge in [0.15, 0.2) is 0 Å². The molecule has 0 saturated carbocycles. The summed E-state index contributed by atoms with van der Waals surface area (Å²) < 4.78 is 13.1. The maximum Gasteiger partial charge on any atom is 0.123 e. The Hall–Kier alpha value is -0.540. The second-order valence-corrected chi connectivity index (χ2v) is 4.89. The maximum atomic E-state index is 13.1. The highest BCUT2D eigenvalue weighted by atomic mass is 32.2. The first-order valence-electron chi connectivity index (χ1n) is 5.24. The molecule has 1 atom stereocenters. The minimum atomic E-state index is -0.194. The highest BCUT2D eigenvalue weighted by molar-refractivity contribution is 7.99. The highest BCUT2D eigenvalue weighted by Crippen LogP contribution is 2.19. The van der Waals surface area contributed by atoms with E-state index in [2.05, 4.69) is 6.92 Å². The summed E-state index contributed by atoms with van der Waals surface area (Å²) in [5.74, 6) is 1.78. The number of hydrogen-bond donors (Lipinski definition) is 1. The zero-order valence-corrected chi connectivity index (χ0v) is 10.1. The van der Waals surface area contributed by atoms with E-state index in [1.54, 1.807) is 0 Å². The molecule has 0 amide bonds.